The maximum absolute atomic E-state index is 9.14. The lowest BCUT2D eigenvalue weighted by atomic mass is 10.1. The number of hydrogen-bond donors (Lipinski definition) is 2. The Balaban J connectivity index is 1.56. The highest BCUT2D eigenvalue weighted by Crippen LogP contribution is 2.24. The predicted molar refractivity (Wildman–Crippen MR) is 100 cm³/mol. The summed E-state index contributed by atoms with van der Waals surface area (Å²) in [6.07, 6.45) is 1.18. The van der Waals surface area contributed by atoms with E-state index in [-0.39, 0.29) is 6.61 Å². The molecule has 0 aliphatic carbocycles. The van der Waals surface area contributed by atoms with Crippen LogP contribution in [0, 0.1) is 13.8 Å². The van der Waals surface area contributed by atoms with Crippen LogP contribution in [0.2, 0.25) is 0 Å². The molecule has 5 heteroatoms. The number of aliphatic hydroxyl groups excluding tert-OH is 1. The third kappa shape index (κ3) is 4.11. The van der Waals surface area contributed by atoms with Gasteiger partial charge in [0.25, 0.3) is 0 Å². The van der Waals surface area contributed by atoms with Crippen molar-refractivity contribution in [3.63, 3.8) is 0 Å². The Morgan fingerprint density at radius 2 is 2.04 bits per heavy atom. The molecule has 25 heavy (non-hydrogen) atoms. The average Bonchev–Trinajstić information content (AvgIpc) is 3.19. The minimum absolute atomic E-state index is 0.129. The van der Waals surface area contributed by atoms with Crippen molar-refractivity contribution in [1.82, 2.24) is 20.0 Å². The van der Waals surface area contributed by atoms with Crippen LogP contribution in [-0.2, 0) is 13.1 Å². The number of aromatic nitrogens is 2. The van der Waals surface area contributed by atoms with E-state index in [1.165, 1.54) is 17.5 Å². The van der Waals surface area contributed by atoms with Crippen LogP contribution < -0.4 is 5.32 Å². The first-order valence-electron chi connectivity index (χ1n) is 9.26. The molecule has 0 bridgehead atoms. The third-order valence-corrected chi connectivity index (χ3v) is 5.46. The Morgan fingerprint density at radius 3 is 2.76 bits per heavy atom. The minimum Gasteiger partial charge on any atom is -0.394 e. The van der Waals surface area contributed by atoms with Crippen LogP contribution in [0.25, 0.3) is 0 Å². The fourth-order valence-electron chi connectivity index (χ4n) is 3.80. The van der Waals surface area contributed by atoms with E-state index in [4.69, 9.17) is 5.11 Å². The second-order valence-corrected chi connectivity index (χ2v) is 7.04. The molecule has 2 atom stereocenters. The molecule has 5 nitrogen and oxygen atoms in total. The van der Waals surface area contributed by atoms with E-state index in [0.717, 1.165) is 31.0 Å². The summed E-state index contributed by atoms with van der Waals surface area (Å²) in [7, 11) is 0. The maximum Gasteiger partial charge on any atom is 0.0644 e. The van der Waals surface area contributed by atoms with Gasteiger partial charge in [0.05, 0.1) is 18.8 Å². The van der Waals surface area contributed by atoms with Gasteiger partial charge in [0, 0.05) is 43.0 Å². The summed E-state index contributed by atoms with van der Waals surface area (Å²) in [6.45, 7) is 10.2. The lowest BCUT2D eigenvalue weighted by molar-refractivity contribution is 0.255. The molecular formula is C20H30N4O. The molecule has 1 saturated heterocycles. The zero-order valence-corrected chi connectivity index (χ0v) is 15.6. The number of nitrogens with zero attached hydrogens (tertiary/aromatic N) is 3. The van der Waals surface area contributed by atoms with Crippen LogP contribution in [0.4, 0.5) is 0 Å². The van der Waals surface area contributed by atoms with Gasteiger partial charge in [0.2, 0.25) is 0 Å². The molecule has 1 fully saturated rings. The molecule has 2 N–H and O–H groups in total. The van der Waals surface area contributed by atoms with Crippen molar-refractivity contribution in [3.05, 3.63) is 52.8 Å². The summed E-state index contributed by atoms with van der Waals surface area (Å²) in [5, 5.41) is 17.4. The minimum atomic E-state index is 0.129. The number of hydrogen-bond acceptors (Lipinski definition) is 4. The van der Waals surface area contributed by atoms with Crippen LogP contribution in [0.3, 0.4) is 0 Å². The molecule has 2 heterocycles. The lowest BCUT2D eigenvalue weighted by Gasteiger charge is -2.25. The Kier molecular flexibility index (Phi) is 5.89. The second kappa shape index (κ2) is 8.13. The Morgan fingerprint density at radius 1 is 1.28 bits per heavy atom. The molecule has 1 aliphatic rings. The molecule has 0 saturated carbocycles. The third-order valence-electron chi connectivity index (χ3n) is 5.46. The van der Waals surface area contributed by atoms with Crippen LogP contribution in [0.5, 0.6) is 0 Å². The normalized spacial score (nSPS) is 19.4. The van der Waals surface area contributed by atoms with Crippen molar-refractivity contribution >= 4 is 0 Å². The zero-order valence-electron chi connectivity index (χ0n) is 15.6. The molecular weight excluding hydrogens is 312 g/mol. The summed E-state index contributed by atoms with van der Waals surface area (Å²) in [5.41, 5.74) is 4.88. The van der Waals surface area contributed by atoms with Crippen molar-refractivity contribution in [2.24, 2.45) is 0 Å². The first-order chi connectivity index (χ1) is 12.1. The van der Waals surface area contributed by atoms with Crippen molar-refractivity contribution in [2.45, 2.75) is 52.4 Å². The van der Waals surface area contributed by atoms with Gasteiger partial charge in [-0.15, -0.1) is 0 Å². The van der Waals surface area contributed by atoms with Gasteiger partial charge < -0.3 is 10.4 Å². The lowest BCUT2D eigenvalue weighted by Crippen LogP contribution is -2.33. The highest BCUT2D eigenvalue weighted by molar-refractivity contribution is 5.24. The largest absolute Gasteiger partial charge is 0.394 e. The number of benzene rings is 1. The smallest absolute Gasteiger partial charge is 0.0644 e. The van der Waals surface area contributed by atoms with Crippen molar-refractivity contribution in [3.8, 4) is 0 Å². The maximum atomic E-state index is 9.14. The average molecular weight is 342 g/mol. The van der Waals surface area contributed by atoms with Gasteiger partial charge in [-0.25, -0.2) is 0 Å². The summed E-state index contributed by atoms with van der Waals surface area (Å²) in [6, 6.07) is 11.7. The van der Waals surface area contributed by atoms with Gasteiger partial charge in [-0.05, 0) is 32.8 Å². The number of likely N-dealkylation sites (tertiary alicyclic amines) is 1. The summed E-state index contributed by atoms with van der Waals surface area (Å²) in [4.78, 5) is 2.56. The standard InChI is InChI=1S/C20H30N4O/c1-15-20(17(3)24(22-15)11-12-25)13-21-19-9-10-23(14-19)16(2)18-7-5-4-6-8-18/h4-8,16,19,21,25H,9-14H2,1-3H3/t16-,19-/m1/s1. The van der Waals surface area contributed by atoms with E-state index >= 15 is 0 Å². The first-order valence-corrected chi connectivity index (χ1v) is 9.26. The van der Waals surface area contributed by atoms with Gasteiger partial charge in [0.15, 0.2) is 0 Å². The van der Waals surface area contributed by atoms with Crippen molar-refractivity contribution in [2.75, 3.05) is 19.7 Å². The number of nitrogens with one attached hydrogen (secondary N) is 1. The Labute approximate surface area is 150 Å². The summed E-state index contributed by atoms with van der Waals surface area (Å²) < 4.78 is 1.91. The van der Waals surface area contributed by atoms with E-state index in [1.54, 1.807) is 0 Å². The van der Waals surface area contributed by atoms with E-state index in [1.807, 2.05) is 4.68 Å². The Hall–Kier alpha value is -1.69. The monoisotopic (exact) mass is 342 g/mol. The molecule has 0 amide bonds. The second-order valence-electron chi connectivity index (χ2n) is 7.04. The van der Waals surface area contributed by atoms with Crippen molar-refractivity contribution in [1.29, 1.82) is 0 Å². The van der Waals surface area contributed by atoms with Gasteiger partial charge in [-0.2, -0.15) is 5.10 Å². The van der Waals surface area contributed by atoms with E-state index < -0.39 is 0 Å². The zero-order chi connectivity index (χ0) is 17.8. The van der Waals surface area contributed by atoms with Gasteiger partial charge in [-0.1, -0.05) is 30.3 Å². The van der Waals surface area contributed by atoms with Crippen LogP contribution in [0.15, 0.2) is 30.3 Å². The SMILES string of the molecule is Cc1nn(CCO)c(C)c1CN[C@@H]1CCN([C@H](C)c2ccccc2)C1. The predicted octanol–water partition coefficient (Wildman–Crippen LogP) is 2.42. The molecule has 1 aromatic heterocycles. The highest BCUT2D eigenvalue weighted by Gasteiger charge is 2.26. The number of aliphatic hydroxyl groups is 1. The van der Waals surface area contributed by atoms with Crippen LogP contribution >= 0.6 is 0 Å². The summed E-state index contributed by atoms with van der Waals surface area (Å²) in [5.74, 6) is 0. The highest BCUT2D eigenvalue weighted by atomic mass is 16.3. The molecule has 136 valence electrons. The van der Waals surface area contributed by atoms with Gasteiger partial charge in [-0.3, -0.25) is 9.58 Å². The Bertz CT molecular complexity index is 683. The molecule has 1 aliphatic heterocycles. The fourth-order valence-corrected chi connectivity index (χ4v) is 3.80. The topological polar surface area (TPSA) is 53.3 Å². The van der Waals surface area contributed by atoms with E-state index in [0.29, 0.717) is 18.6 Å². The van der Waals surface area contributed by atoms with Gasteiger partial charge in [0.1, 0.15) is 0 Å². The van der Waals surface area contributed by atoms with Crippen LogP contribution in [0.1, 0.15) is 41.9 Å². The molecule has 0 radical (unpaired) electrons. The van der Waals surface area contributed by atoms with Crippen LogP contribution in [-0.4, -0.2) is 45.5 Å². The van der Waals surface area contributed by atoms with Crippen molar-refractivity contribution < 1.29 is 5.11 Å². The first kappa shape index (κ1) is 18.1. The number of aryl methyl sites for hydroxylation is 1. The quantitative estimate of drug-likeness (QED) is 0.811. The molecule has 0 spiro atoms. The molecule has 0 unspecified atom stereocenters. The summed E-state index contributed by atoms with van der Waals surface area (Å²) >= 11 is 0. The molecule has 1 aromatic carbocycles. The fraction of sp³-hybridized carbons (Fsp3) is 0.550. The van der Waals surface area contributed by atoms with E-state index in [9.17, 15) is 0 Å². The molecule has 2 aromatic rings. The molecule has 3 rings (SSSR count). The number of rotatable bonds is 7. The van der Waals surface area contributed by atoms with E-state index in [2.05, 4.69) is 66.4 Å². The van der Waals surface area contributed by atoms with Gasteiger partial charge >= 0.3 is 0 Å².